The minimum Gasteiger partial charge on any atom is -0.373 e. The van der Waals surface area contributed by atoms with Crippen LogP contribution in [-0.4, -0.2) is 13.2 Å². The predicted molar refractivity (Wildman–Crippen MR) is 80.0 cm³/mol. The SMILES string of the molecule is CCC1CCCCC1OCc1ccc(CNC)cc1. The van der Waals surface area contributed by atoms with Crippen molar-refractivity contribution in [2.75, 3.05) is 7.05 Å². The van der Waals surface area contributed by atoms with E-state index in [-0.39, 0.29) is 0 Å². The molecule has 0 amide bonds. The molecule has 2 nitrogen and oxygen atoms in total. The molecular formula is C17H27NO. The number of rotatable bonds is 6. The Morgan fingerprint density at radius 1 is 1.11 bits per heavy atom. The second-order valence-corrected chi connectivity index (χ2v) is 5.65. The second kappa shape index (κ2) is 7.66. The Labute approximate surface area is 117 Å². The fraction of sp³-hybridized carbons (Fsp3) is 0.647. The van der Waals surface area contributed by atoms with E-state index in [1.165, 1.54) is 43.2 Å². The zero-order valence-electron chi connectivity index (χ0n) is 12.3. The predicted octanol–water partition coefficient (Wildman–Crippen LogP) is 3.89. The highest BCUT2D eigenvalue weighted by Gasteiger charge is 2.23. The van der Waals surface area contributed by atoms with E-state index < -0.39 is 0 Å². The molecule has 0 aromatic heterocycles. The average molecular weight is 261 g/mol. The van der Waals surface area contributed by atoms with E-state index in [0.29, 0.717) is 6.10 Å². The Kier molecular flexibility index (Phi) is 5.87. The third kappa shape index (κ3) is 4.32. The van der Waals surface area contributed by atoms with E-state index in [1.807, 2.05) is 7.05 Å². The van der Waals surface area contributed by atoms with E-state index in [9.17, 15) is 0 Å². The molecule has 19 heavy (non-hydrogen) atoms. The molecule has 1 saturated carbocycles. The second-order valence-electron chi connectivity index (χ2n) is 5.65. The van der Waals surface area contributed by atoms with Crippen LogP contribution in [0.5, 0.6) is 0 Å². The van der Waals surface area contributed by atoms with Crippen LogP contribution in [-0.2, 0) is 17.9 Å². The zero-order valence-corrected chi connectivity index (χ0v) is 12.3. The molecule has 0 heterocycles. The zero-order chi connectivity index (χ0) is 13.5. The number of hydrogen-bond donors (Lipinski definition) is 1. The molecule has 1 N–H and O–H groups in total. The summed E-state index contributed by atoms with van der Waals surface area (Å²) in [4.78, 5) is 0. The van der Waals surface area contributed by atoms with E-state index >= 15 is 0 Å². The standard InChI is InChI=1S/C17H27NO/c1-3-16-6-4-5-7-17(16)19-13-15-10-8-14(9-11-15)12-18-2/h8-11,16-18H,3-7,12-13H2,1-2H3. The van der Waals surface area contributed by atoms with Crippen LogP contribution in [0.3, 0.4) is 0 Å². The van der Waals surface area contributed by atoms with Crippen LogP contribution in [0.2, 0.25) is 0 Å². The maximum atomic E-state index is 6.16. The Bertz CT molecular complexity index is 360. The van der Waals surface area contributed by atoms with Gasteiger partial charge in [0.1, 0.15) is 0 Å². The van der Waals surface area contributed by atoms with Gasteiger partial charge in [0.25, 0.3) is 0 Å². The summed E-state index contributed by atoms with van der Waals surface area (Å²) in [5, 5.41) is 3.17. The van der Waals surface area contributed by atoms with Crippen molar-refractivity contribution in [1.29, 1.82) is 0 Å². The van der Waals surface area contributed by atoms with E-state index in [4.69, 9.17) is 4.74 Å². The maximum Gasteiger partial charge on any atom is 0.0720 e. The van der Waals surface area contributed by atoms with Crippen LogP contribution in [0.25, 0.3) is 0 Å². The van der Waals surface area contributed by atoms with E-state index in [2.05, 4.69) is 36.5 Å². The third-order valence-electron chi connectivity index (χ3n) is 4.23. The van der Waals surface area contributed by atoms with Crippen LogP contribution in [0.1, 0.15) is 50.2 Å². The molecule has 0 radical (unpaired) electrons. The van der Waals surface area contributed by atoms with Gasteiger partial charge in [0.15, 0.2) is 0 Å². The molecule has 1 aromatic rings. The highest BCUT2D eigenvalue weighted by atomic mass is 16.5. The number of ether oxygens (including phenoxy) is 1. The third-order valence-corrected chi connectivity index (χ3v) is 4.23. The minimum atomic E-state index is 0.482. The van der Waals surface area contributed by atoms with Gasteiger partial charge < -0.3 is 10.1 Å². The van der Waals surface area contributed by atoms with Crippen molar-refractivity contribution in [3.63, 3.8) is 0 Å². The van der Waals surface area contributed by atoms with Crippen LogP contribution in [0, 0.1) is 5.92 Å². The van der Waals surface area contributed by atoms with E-state index in [0.717, 1.165) is 19.1 Å². The Balaban J connectivity index is 1.83. The Morgan fingerprint density at radius 3 is 2.47 bits per heavy atom. The van der Waals surface area contributed by atoms with Gasteiger partial charge >= 0.3 is 0 Å². The summed E-state index contributed by atoms with van der Waals surface area (Å²) >= 11 is 0. The van der Waals surface area contributed by atoms with Gasteiger partial charge in [-0.25, -0.2) is 0 Å². The van der Waals surface area contributed by atoms with Crippen LogP contribution in [0.15, 0.2) is 24.3 Å². The van der Waals surface area contributed by atoms with Gasteiger partial charge in [0.2, 0.25) is 0 Å². The highest BCUT2D eigenvalue weighted by molar-refractivity contribution is 5.21. The van der Waals surface area contributed by atoms with Gasteiger partial charge in [-0.15, -0.1) is 0 Å². The first-order chi connectivity index (χ1) is 9.33. The molecule has 0 spiro atoms. The molecule has 1 aliphatic rings. The monoisotopic (exact) mass is 261 g/mol. The van der Waals surface area contributed by atoms with Crippen molar-refractivity contribution in [3.8, 4) is 0 Å². The lowest BCUT2D eigenvalue weighted by molar-refractivity contribution is -0.0221. The van der Waals surface area contributed by atoms with Gasteiger partial charge in [-0.1, -0.05) is 50.5 Å². The minimum absolute atomic E-state index is 0.482. The Hall–Kier alpha value is -0.860. The van der Waals surface area contributed by atoms with Crippen LogP contribution >= 0.6 is 0 Å². The van der Waals surface area contributed by atoms with E-state index in [1.54, 1.807) is 0 Å². The highest BCUT2D eigenvalue weighted by Crippen LogP contribution is 2.29. The fourth-order valence-corrected chi connectivity index (χ4v) is 3.02. The summed E-state index contributed by atoms with van der Waals surface area (Å²) in [7, 11) is 1.98. The molecule has 2 heteroatoms. The van der Waals surface area contributed by atoms with Gasteiger partial charge in [-0.05, 0) is 36.9 Å². The molecule has 2 rings (SSSR count). The first-order valence-electron chi connectivity index (χ1n) is 7.67. The number of benzene rings is 1. The topological polar surface area (TPSA) is 21.3 Å². The molecular weight excluding hydrogens is 234 g/mol. The first-order valence-corrected chi connectivity index (χ1v) is 7.67. The van der Waals surface area contributed by atoms with Crippen molar-refractivity contribution >= 4 is 0 Å². The molecule has 106 valence electrons. The number of hydrogen-bond acceptors (Lipinski definition) is 2. The summed E-state index contributed by atoms with van der Waals surface area (Å²) in [5.74, 6) is 0.775. The Morgan fingerprint density at radius 2 is 1.79 bits per heavy atom. The number of nitrogens with one attached hydrogen (secondary N) is 1. The van der Waals surface area contributed by atoms with Crippen LogP contribution < -0.4 is 5.32 Å². The maximum absolute atomic E-state index is 6.16. The summed E-state index contributed by atoms with van der Waals surface area (Å²) in [5.41, 5.74) is 2.62. The quantitative estimate of drug-likeness (QED) is 0.838. The van der Waals surface area contributed by atoms with Crippen molar-refractivity contribution in [2.45, 2.75) is 58.3 Å². The lowest BCUT2D eigenvalue weighted by Gasteiger charge is -2.30. The molecule has 2 unspecified atom stereocenters. The van der Waals surface area contributed by atoms with Gasteiger partial charge in [0.05, 0.1) is 12.7 Å². The smallest absolute Gasteiger partial charge is 0.0720 e. The summed E-state index contributed by atoms with van der Waals surface area (Å²) < 4.78 is 6.16. The fourth-order valence-electron chi connectivity index (χ4n) is 3.02. The molecule has 0 aliphatic heterocycles. The van der Waals surface area contributed by atoms with Gasteiger partial charge in [0, 0.05) is 6.54 Å². The van der Waals surface area contributed by atoms with Crippen molar-refractivity contribution < 1.29 is 4.74 Å². The molecule has 1 fully saturated rings. The normalized spacial score (nSPS) is 23.5. The molecule has 2 atom stereocenters. The molecule has 1 aliphatic carbocycles. The lowest BCUT2D eigenvalue weighted by Crippen LogP contribution is -2.27. The summed E-state index contributed by atoms with van der Waals surface area (Å²) in [6, 6.07) is 8.76. The largest absolute Gasteiger partial charge is 0.373 e. The summed E-state index contributed by atoms with van der Waals surface area (Å²) in [6.45, 7) is 3.99. The van der Waals surface area contributed by atoms with Gasteiger partial charge in [-0.3, -0.25) is 0 Å². The molecule has 0 saturated heterocycles. The van der Waals surface area contributed by atoms with Crippen molar-refractivity contribution in [2.24, 2.45) is 5.92 Å². The average Bonchev–Trinajstić information content (AvgIpc) is 2.47. The van der Waals surface area contributed by atoms with Gasteiger partial charge in [-0.2, -0.15) is 0 Å². The molecule has 0 bridgehead atoms. The van der Waals surface area contributed by atoms with Crippen molar-refractivity contribution in [3.05, 3.63) is 35.4 Å². The van der Waals surface area contributed by atoms with Crippen molar-refractivity contribution in [1.82, 2.24) is 5.32 Å². The molecule has 1 aromatic carbocycles. The first kappa shape index (κ1) is 14.5. The van der Waals surface area contributed by atoms with Crippen LogP contribution in [0.4, 0.5) is 0 Å². The summed E-state index contributed by atoms with van der Waals surface area (Å²) in [6.07, 6.45) is 7.06. The lowest BCUT2D eigenvalue weighted by atomic mass is 9.85.